The van der Waals surface area contributed by atoms with Crippen LogP contribution < -0.4 is 10.2 Å². The third kappa shape index (κ3) is 3.20. The molecule has 3 heterocycles. The van der Waals surface area contributed by atoms with E-state index in [-0.39, 0.29) is 0 Å². The van der Waals surface area contributed by atoms with E-state index in [1.807, 2.05) is 6.20 Å². The second kappa shape index (κ2) is 6.66. The van der Waals surface area contributed by atoms with Gasteiger partial charge in [0.2, 0.25) is 5.95 Å². The van der Waals surface area contributed by atoms with Crippen LogP contribution in [0.5, 0.6) is 0 Å². The van der Waals surface area contributed by atoms with Crippen molar-refractivity contribution in [3.8, 4) is 0 Å². The maximum Gasteiger partial charge on any atom is 0.222 e. The summed E-state index contributed by atoms with van der Waals surface area (Å²) in [5.41, 5.74) is 3.97. The van der Waals surface area contributed by atoms with Crippen molar-refractivity contribution in [1.29, 1.82) is 0 Å². The summed E-state index contributed by atoms with van der Waals surface area (Å²) in [6.07, 6.45) is 6.45. The van der Waals surface area contributed by atoms with Gasteiger partial charge < -0.3 is 10.2 Å². The molecule has 0 saturated heterocycles. The Morgan fingerprint density at radius 3 is 2.54 bits per heavy atom. The number of rotatable bonds is 4. The number of anilines is 2. The first-order valence-corrected chi connectivity index (χ1v) is 8.16. The zero-order valence-electron chi connectivity index (χ0n) is 13.4. The highest BCUT2D eigenvalue weighted by Crippen LogP contribution is 2.23. The van der Waals surface area contributed by atoms with Crippen LogP contribution in [-0.2, 0) is 19.5 Å². The van der Waals surface area contributed by atoms with Crippen LogP contribution >= 0.6 is 0 Å². The smallest absolute Gasteiger partial charge is 0.222 e. The van der Waals surface area contributed by atoms with Gasteiger partial charge in [0, 0.05) is 38.2 Å². The minimum Gasteiger partial charge on any atom is -0.352 e. The van der Waals surface area contributed by atoms with Gasteiger partial charge in [-0.3, -0.25) is 0 Å². The summed E-state index contributed by atoms with van der Waals surface area (Å²) in [6, 6.07) is 14.7. The minimum atomic E-state index is 0.634. The Labute approximate surface area is 141 Å². The fraction of sp³-hybridized carbons (Fsp3) is 0.211. The van der Waals surface area contributed by atoms with Gasteiger partial charge in [-0.2, -0.15) is 0 Å². The molecule has 0 unspecified atom stereocenters. The van der Waals surface area contributed by atoms with Gasteiger partial charge in [0.25, 0.3) is 0 Å². The number of fused-ring (bicyclic) bond motifs is 1. The van der Waals surface area contributed by atoms with E-state index < -0.39 is 0 Å². The third-order valence-electron chi connectivity index (χ3n) is 4.28. The molecular weight excluding hydrogens is 298 g/mol. The summed E-state index contributed by atoms with van der Waals surface area (Å²) in [5, 5.41) is 3.20. The Bertz CT molecular complexity index is 802. The monoisotopic (exact) mass is 317 g/mol. The number of aromatic nitrogens is 3. The summed E-state index contributed by atoms with van der Waals surface area (Å²) in [5.74, 6) is 1.67. The second-order valence-electron chi connectivity index (χ2n) is 5.89. The van der Waals surface area contributed by atoms with Crippen LogP contribution in [0.4, 0.5) is 11.8 Å². The van der Waals surface area contributed by atoms with Crippen LogP contribution in [0, 0.1) is 0 Å². The molecule has 1 aliphatic heterocycles. The molecule has 0 aliphatic carbocycles. The Morgan fingerprint density at radius 2 is 1.75 bits per heavy atom. The third-order valence-corrected chi connectivity index (χ3v) is 4.28. The molecule has 24 heavy (non-hydrogen) atoms. The fourth-order valence-corrected chi connectivity index (χ4v) is 2.97. The highest BCUT2D eigenvalue weighted by Gasteiger charge is 2.16. The highest BCUT2D eigenvalue weighted by molar-refractivity contribution is 5.44. The lowest BCUT2D eigenvalue weighted by Gasteiger charge is -2.29. The molecule has 5 nitrogen and oxygen atoms in total. The van der Waals surface area contributed by atoms with Crippen molar-refractivity contribution < 1.29 is 0 Å². The molecule has 0 bridgehead atoms. The number of nitrogens with zero attached hydrogens (tertiary/aromatic N) is 4. The van der Waals surface area contributed by atoms with Gasteiger partial charge >= 0.3 is 0 Å². The maximum absolute atomic E-state index is 4.63. The van der Waals surface area contributed by atoms with E-state index in [0.717, 1.165) is 30.9 Å². The molecule has 1 aliphatic rings. The number of nitrogens with one attached hydrogen (secondary N) is 1. The molecular formula is C19H19N5. The average molecular weight is 317 g/mol. The largest absolute Gasteiger partial charge is 0.352 e. The zero-order valence-corrected chi connectivity index (χ0v) is 13.4. The van der Waals surface area contributed by atoms with E-state index in [4.69, 9.17) is 0 Å². The van der Waals surface area contributed by atoms with Crippen LogP contribution in [0.3, 0.4) is 0 Å². The van der Waals surface area contributed by atoms with Crippen molar-refractivity contribution in [2.24, 2.45) is 0 Å². The van der Waals surface area contributed by atoms with Crippen LogP contribution in [0.15, 0.2) is 61.1 Å². The first-order valence-electron chi connectivity index (χ1n) is 8.16. The lowest BCUT2D eigenvalue weighted by molar-refractivity contribution is 0.720. The predicted molar refractivity (Wildman–Crippen MR) is 94.8 cm³/mol. The van der Waals surface area contributed by atoms with E-state index in [2.05, 4.69) is 61.6 Å². The van der Waals surface area contributed by atoms with E-state index in [1.165, 1.54) is 11.1 Å². The van der Waals surface area contributed by atoms with Crippen molar-refractivity contribution in [2.75, 3.05) is 16.8 Å². The minimum absolute atomic E-state index is 0.634. The predicted octanol–water partition coefficient (Wildman–Crippen LogP) is 3.05. The van der Waals surface area contributed by atoms with Gasteiger partial charge in [-0.25, -0.2) is 15.0 Å². The number of benzene rings is 1. The number of hydrogen-bond donors (Lipinski definition) is 1. The summed E-state index contributed by atoms with van der Waals surface area (Å²) >= 11 is 0. The Hall–Kier alpha value is -2.95. The average Bonchev–Trinajstić information content (AvgIpc) is 2.67. The van der Waals surface area contributed by atoms with Gasteiger partial charge in [0.05, 0.1) is 0 Å². The fourth-order valence-electron chi connectivity index (χ4n) is 2.97. The Kier molecular flexibility index (Phi) is 4.06. The summed E-state index contributed by atoms with van der Waals surface area (Å²) in [4.78, 5) is 15.3. The van der Waals surface area contributed by atoms with Crippen molar-refractivity contribution in [2.45, 2.75) is 19.5 Å². The van der Waals surface area contributed by atoms with Crippen LogP contribution in [-0.4, -0.2) is 21.5 Å². The van der Waals surface area contributed by atoms with Crippen LogP contribution in [0.2, 0.25) is 0 Å². The van der Waals surface area contributed by atoms with Gasteiger partial charge in [-0.1, -0.05) is 30.3 Å². The molecule has 0 amide bonds. The molecule has 0 spiro atoms. The number of hydrogen-bond acceptors (Lipinski definition) is 5. The first-order chi connectivity index (χ1) is 11.9. The first kappa shape index (κ1) is 14.6. The highest BCUT2D eigenvalue weighted by atomic mass is 15.2. The van der Waals surface area contributed by atoms with Gasteiger partial charge in [-0.05, 0) is 35.2 Å². The van der Waals surface area contributed by atoms with Crippen molar-refractivity contribution in [3.05, 3.63) is 77.7 Å². The number of pyridine rings is 1. The van der Waals surface area contributed by atoms with Crippen molar-refractivity contribution >= 4 is 11.8 Å². The lowest BCUT2D eigenvalue weighted by Crippen LogP contribution is -2.30. The molecule has 0 fully saturated rings. The SMILES string of the molecule is c1cnc(NCc2ccc(N3CCc4ccccc4C3)nc2)nc1. The standard InChI is InChI=1S/C19H19N5/c1-2-5-17-14-24(11-8-16(17)4-1)18-7-6-15(12-22-18)13-23-19-20-9-3-10-21-19/h1-7,9-10,12H,8,11,13-14H2,(H,20,21,23). The molecule has 120 valence electrons. The van der Waals surface area contributed by atoms with E-state index in [0.29, 0.717) is 12.5 Å². The zero-order chi connectivity index (χ0) is 16.2. The van der Waals surface area contributed by atoms with Crippen molar-refractivity contribution in [1.82, 2.24) is 15.0 Å². The second-order valence-corrected chi connectivity index (χ2v) is 5.89. The Morgan fingerprint density at radius 1 is 0.917 bits per heavy atom. The normalized spacial score (nSPS) is 13.4. The van der Waals surface area contributed by atoms with Crippen LogP contribution in [0.1, 0.15) is 16.7 Å². The Balaban J connectivity index is 1.41. The van der Waals surface area contributed by atoms with Gasteiger partial charge in [0.1, 0.15) is 5.82 Å². The quantitative estimate of drug-likeness (QED) is 0.801. The maximum atomic E-state index is 4.63. The van der Waals surface area contributed by atoms with Gasteiger partial charge in [-0.15, -0.1) is 0 Å². The molecule has 1 N–H and O–H groups in total. The molecule has 2 aromatic heterocycles. The molecule has 4 rings (SSSR count). The summed E-state index contributed by atoms with van der Waals surface area (Å²) in [7, 11) is 0. The van der Waals surface area contributed by atoms with Gasteiger partial charge in [0.15, 0.2) is 0 Å². The van der Waals surface area contributed by atoms with E-state index in [1.54, 1.807) is 18.5 Å². The van der Waals surface area contributed by atoms with E-state index in [9.17, 15) is 0 Å². The summed E-state index contributed by atoms with van der Waals surface area (Å²) in [6.45, 7) is 2.61. The summed E-state index contributed by atoms with van der Waals surface area (Å²) < 4.78 is 0. The molecule has 5 heteroatoms. The molecule has 0 radical (unpaired) electrons. The lowest BCUT2D eigenvalue weighted by atomic mass is 10.00. The molecule has 1 aromatic carbocycles. The molecule has 0 saturated carbocycles. The van der Waals surface area contributed by atoms with Crippen molar-refractivity contribution in [3.63, 3.8) is 0 Å². The van der Waals surface area contributed by atoms with Crippen LogP contribution in [0.25, 0.3) is 0 Å². The van der Waals surface area contributed by atoms with E-state index >= 15 is 0 Å². The topological polar surface area (TPSA) is 53.9 Å². The molecule has 0 atom stereocenters. The molecule has 3 aromatic rings.